The minimum atomic E-state index is -0.698. The summed E-state index contributed by atoms with van der Waals surface area (Å²) in [4.78, 5) is 26.5. The molecule has 2 N–H and O–H groups in total. The highest BCUT2D eigenvalue weighted by atomic mass is 16.5. The number of hydrogen-bond donors (Lipinski definition) is 2. The van der Waals surface area contributed by atoms with Gasteiger partial charge in [0.15, 0.2) is 6.10 Å². The maximum atomic E-state index is 12.6. The number of benzene rings is 2. The van der Waals surface area contributed by atoms with E-state index < -0.39 is 6.10 Å². The maximum Gasteiger partial charge on any atom is 0.262 e. The number of fused-ring (bicyclic) bond motifs is 1. The Hall–Kier alpha value is -3.81. The third kappa shape index (κ3) is 4.12. The Balaban J connectivity index is 1.46. The van der Waals surface area contributed by atoms with Gasteiger partial charge in [0.05, 0.1) is 18.8 Å². The molecule has 1 atom stereocenters. The molecule has 0 radical (unpaired) electrons. The first-order valence-corrected chi connectivity index (χ1v) is 9.59. The predicted octanol–water partition coefficient (Wildman–Crippen LogP) is 2.60. The summed E-state index contributed by atoms with van der Waals surface area (Å²) in [5.74, 6) is 0.299. The summed E-state index contributed by atoms with van der Waals surface area (Å²) in [5, 5.41) is 9.34. The lowest BCUT2D eigenvalue weighted by atomic mass is 10.1. The van der Waals surface area contributed by atoms with E-state index in [0.717, 1.165) is 16.8 Å². The number of hydrogen-bond acceptors (Lipinski definition) is 6. The van der Waals surface area contributed by atoms with E-state index in [1.807, 2.05) is 54.3 Å². The van der Waals surface area contributed by atoms with Crippen molar-refractivity contribution in [3.63, 3.8) is 0 Å². The fourth-order valence-corrected chi connectivity index (χ4v) is 3.30. The number of para-hydroxylation sites is 2. The molecule has 8 heteroatoms. The van der Waals surface area contributed by atoms with Crippen LogP contribution < -0.4 is 20.3 Å². The molecule has 0 spiro atoms. The van der Waals surface area contributed by atoms with E-state index >= 15 is 0 Å². The SMILES string of the molecule is CNC(=O)[C@@H]1CN(CC(=O)Nc2cc(-c3ccc(C)cc3)no2)c2ccccc2O1. The monoisotopic (exact) mass is 406 g/mol. The van der Waals surface area contributed by atoms with Crippen LogP contribution in [0, 0.1) is 6.92 Å². The van der Waals surface area contributed by atoms with Crippen LogP contribution in [-0.2, 0) is 9.59 Å². The zero-order valence-corrected chi connectivity index (χ0v) is 16.7. The van der Waals surface area contributed by atoms with E-state index in [1.54, 1.807) is 19.2 Å². The topological polar surface area (TPSA) is 96.7 Å². The molecule has 0 bridgehead atoms. The highest BCUT2D eigenvalue weighted by molar-refractivity contribution is 5.94. The van der Waals surface area contributed by atoms with Gasteiger partial charge in [0, 0.05) is 18.7 Å². The largest absolute Gasteiger partial charge is 0.477 e. The molecule has 2 aromatic carbocycles. The van der Waals surface area contributed by atoms with Crippen LogP contribution in [-0.4, -0.2) is 43.2 Å². The second kappa shape index (κ2) is 8.28. The van der Waals surface area contributed by atoms with Crippen molar-refractivity contribution < 1.29 is 18.8 Å². The van der Waals surface area contributed by atoms with Gasteiger partial charge in [-0.15, -0.1) is 0 Å². The van der Waals surface area contributed by atoms with E-state index in [1.165, 1.54) is 0 Å². The molecule has 0 aliphatic carbocycles. The van der Waals surface area contributed by atoms with Gasteiger partial charge < -0.3 is 19.5 Å². The minimum Gasteiger partial charge on any atom is -0.477 e. The van der Waals surface area contributed by atoms with Crippen LogP contribution in [0.2, 0.25) is 0 Å². The molecule has 2 amide bonds. The fraction of sp³-hybridized carbons (Fsp3) is 0.227. The first-order chi connectivity index (χ1) is 14.5. The number of carbonyl (C=O) groups excluding carboxylic acids is 2. The summed E-state index contributed by atoms with van der Waals surface area (Å²) in [6.07, 6.45) is -0.698. The van der Waals surface area contributed by atoms with E-state index in [2.05, 4.69) is 15.8 Å². The molecule has 2 heterocycles. The van der Waals surface area contributed by atoms with Crippen molar-refractivity contribution in [1.29, 1.82) is 0 Å². The number of anilines is 2. The third-order valence-electron chi connectivity index (χ3n) is 4.85. The predicted molar refractivity (Wildman–Crippen MR) is 112 cm³/mol. The van der Waals surface area contributed by atoms with Crippen LogP contribution >= 0.6 is 0 Å². The first kappa shape index (κ1) is 19.5. The van der Waals surface area contributed by atoms with Crippen molar-refractivity contribution >= 4 is 23.4 Å². The average molecular weight is 406 g/mol. The number of aromatic nitrogens is 1. The molecule has 30 heavy (non-hydrogen) atoms. The quantitative estimate of drug-likeness (QED) is 0.676. The first-order valence-electron chi connectivity index (χ1n) is 9.59. The Bertz CT molecular complexity index is 1060. The summed E-state index contributed by atoms with van der Waals surface area (Å²) in [5.41, 5.74) is 3.45. The number of nitrogens with zero attached hydrogens (tertiary/aromatic N) is 2. The standard InChI is InChI=1S/C22H22N4O4/c1-14-7-9-15(10-8-14)16-11-21(30-25-16)24-20(27)13-26-12-19(22(28)23-2)29-18-6-4-3-5-17(18)26/h3-11,19H,12-13H2,1-2H3,(H,23,28)(H,24,27)/t19-/m0/s1. The summed E-state index contributed by atoms with van der Waals surface area (Å²) >= 11 is 0. The second-order valence-corrected chi connectivity index (χ2v) is 7.06. The smallest absolute Gasteiger partial charge is 0.262 e. The Morgan fingerprint density at radius 2 is 1.93 bits per heavy atom. The molecule has 1 aromatic heterocycles. The van der Waals surface area contributed by atoms with Gasteiger partial charge in [-0.05, 0) is 19.1 Å². The summed E-state index contributed by atoms with van der Waals surface area (Å²) in [6, 6.07) is 16.9. The van der Waals surface area contributed by atoms with Crippen LogP contribution in [0.5, 0.6) is 5.75 Å². The van der Waals surface area contributed by atoms with Crippen LogP contribution in [0.1, 0.15) is 5.56 Å². The van der Waals surface area contributed by atoms with Gasteiger partial charge in [-0.2, -0.15) is 0 Å². The molecule has 0 saturated heterocycles. The molecule has 8 nitrogen and oxygen atoms in total. The van der Waals surface area contributed by atoms with Gasteiger partial charge in [-0.1, -0.05) is 47.1 Å². The third-order valence-corrected chi connectivity index (χ3v) is 4.85. The second-order valence-electron chi connectivity index (χ2n) is 7.06. The number of nitrogens with one attached hydrogen (secondary N) is 2. The molecule has 4 rings (SSSR count). The van der Waals surface area contributed by atoms with Gasteiger partial charge in [0.2, 0.25) is 11.8 Å². The van der Waals surface area contributed by atoms with Crippen LogP contribution in [0.15, 0.2) is 59.1 Å². The summed E-state index contributed by atoms with van der Waals surface area (Å²) in [7, 11) is 1.55. The summed E-state index contributed by atoms with van der Waals surface area (Å²) < 4.78 is 11.0. The maximum absolute atomic E-state index is 12.6. The van der Waals surface area contributed by atoms with Gasteiger partial charge in [0.25, 0.3) is 5.91 Å². The van der Waals surface area contributed by atoms with E-state index in [4.69, 9.17) is 9.26 Å². The van der Waals surface area contributed by atoms with Crippen LogP contribution in [0.25, 0.3) is 11.3 Å². The molecule has 3 aromatic rings. The molecular formula is C22H22N4O4. The average Bonchev–Trinajstić information content (AvgIpc) is 3.21. The van der Waals surface area contributed by atoms with Gasteiger partial charge in [-0.3, -0.25) is 14.9 Å². The number of likely N-dealkylation sites (N-methyl/N-ethyl adjacent to an activating group) is 1. The van der Waals surface area contributed by atoms with Crippen LogP contribution in [0.4, 0.5) is 11.6 Å². The lowest BCUT2D eigenvalue weighted by Crippen LogP contribution is -2.50. The lowest BCUT2D eigenvalue weighted by molar-refractivity contribution is -0.127. The Labute approximate surface area is 173 Å². The Kier molecular flexibility index (Phi) is 5.38. The highest BCUT2D eigenvalue weighted by Crippen LogP contribution is 2.33. The number of amides is 2. The number of ether oxygens (including phenoxy) is 1. The van der Waals surface area contributed by atoms with E-state index in [-0.39, 0.29) is 30.8 Å². The van der Waals surface area contributed by atoms with Gasteiger partial charge >= 0.3 is 0 Å². The Morgan fingerprint density at radius 1 is 1.17 bits per heavy atom. The molecule has 0 unspecified atom stereocenters. The minimum absolute atomic E-state index is 0.0361. The Morgan fingerprint density at radius 3 is 2.70 bits per heavy atom. The fourth-order valence-electron chi connectivity index (χ4n) is 3.30. The molecule has 154 valence electrons. The van der Waals surface area contributed by atoms with Crippen LogP contribution in [0.3, 0.4) is 0 Å². The van der Waals surface area contributed by atoms with Crippen molar-refractivity contribution in [1.82, 2.24) is 10.5 Å². The van der Waals surface area contributed by atoms with Crippen molar-refractivity contribution in [3.8, 4) is 17.0 Å². The summed E-state index contributed by atoms with van der Waals surface area (Å²) in [6.45, 7) is 2.31. The molecule has 1 aliphatic heterocycles. The van der Waals surface area contributed by atoms with Crippen molar-refractivity contribution in [2.75, 3.05) is 30.4 Å². The van der Waals surface area contributed by atoms with Gasteiger partial charge in [-0.25, -0.2) is 0 Å². The molecule has 1 aliphatic rings. The highest BCUT2D eigenvalue weighted by Gasteiger charge is 2.31. The number of carbonyl (C=O) groups is 2. The lowest BCUT2D eigenvalue weighted by Gasteiger charge is -2.34. The van der Waals surface area contributed by atoms with Gasteiger partial charge in [0.1, 0.15) is 11.4 Å². The van der Waals surface area contributed by atoms with Crippen molar-refractivity contribution in [2.45, 2.75) is 13.0 Å². The number of rotatable bonds is 5. The van der Waals surface area contributed by atoms with E-state index in [9.17, 15) is 9.59 Å². The number of aryl methyl sites for hydroxylation is 1. The molecular weight excluding hydrogens is 384 g/mol. The van der Waals surface area contributed by atoms with E-state index in [0.29, 0.717) is 11.4 Å². The zero-order chi connectivity index (χ0) is 21.1. The zero-order valence-electron chi connectivity index (χ0n) is 16.7. The van der Waals surface area contributed by atoms with Crippen molar-refractivity contribution in [2.24, 2.45) is 0 Å². The normalized spacial score (nSPS) is 15.1. The molecule has 0 fully saturated rings. The molecule has 0 saturated carbocycles. The van der Waals surface area contributed by atoms with Crippen molar-refractivity contribution in [3.05, 3.63) is 60.2 Å².